The normalized spacial score (nSPS) is 30.6. The van der Waals surface area contributed by atoms with Crippen molar-refractivity contribution in [3.63, 3.8) is 0 Å². The van der Waals surface area contributed by atoms with Gasteiger partial charge in [-0.25, -0.2) is 0 Å². The van der Waals surface area contributed by atoms with Crippen LogP contribution in [0.25, 0.3) is 0 Å². The molecule has 1 aromatic carbocycles. The third-order valence-electron chi connectivity index (χ3n) is 4.11. The summed E-state index contributed by atoms with van der Waals surface area (Å²) in [5, 5.41) is 0. The summed E-state index contributed by atoms with van der Waals surface area (Å²) in [6.45, 7) is 0. The molecule has 0 saturated carbocycles. The Labute approximate surface area is 121 Å². The molecule has 18 heavy (non-hydrogen) atoms. The van der Waals surface area contributed by atoms with E-state index in [1.165, 1.54) is 0 Å². The lowest BCUT2D eigenvalue weighted by Gasteiger charge is -2.38. The van der Waals surface area contributed by atoms with Crippen molar-refractivity contribution in [3.8, 4) is 0 Å². The molecule has 3 nitrogen and oxygen atoms in total. The monoisotopic (exact) mass is 356 g/mol. The van der Waals surface area contributed by atoms with Gasteiger partial charge < -0.3 is 10.6 Å². The molecule has 2 unspecified atom stereocenters. The Morgan fingerprint density at radius 2 is 1.83 bits per heavy atom. The highest BCUT2D eigenvalue weighted by molar-refractivity contribution is 14.1. The number of carbonyl (C=O) groups excluding carboxylic acids is 1. The zero-order valence-electron chi connectivity index (χ0n) is 10.2. The van der Waals surface area contributed by atoms with Gasteiger partial charge in [-0.15, -0.1) is 0 Å². The molecule has 2 heterocycles. The number of benzene rings is 1. The van der Waals surface area contributed by atoms with E-state index in [9.17, 15) is 4.79 Å². The average Bonchev–Trinajstić information content (AvgIpc) is 2.61. The van der Waals surface area contributed by atoms with Crippen LogP contribution in [0.1, 0.15) is 36.0 Å². The van der Waals surface area contributed by atoms with Gasteiger partial charge in [0.15, 0.2) is 0 Å². The van der Waals surface area contributed by atoms with Gasteiger partial charge in [-0.2, -0.15) is 0 Å². The standard InChI is InChI=1S/C14H17IN2O/c15-13-4-2-1-3-12(13)14(18)17-10-5-6-11(17)8-9(16)7-10/h1-4,9-11H,5-8,16H2. The molecule has 2 bridgehead atoms. The molecule has 0 radical (unpaired) electrons. The van der Waals surface area contributed by atoms with Gasteiger partial charge in [-0.05, 0) is 60.4 Å². The van der Waals surface area contributed by atoms with Crippen molar-refractivity contribution in [1.29, 1.82) is 0 Å². The second-order valence-electron chi connectivity index (χ2n) is 5.31. The smallest absolute Gasteiger partial charge is 0.255 e. The number of hydrogen-bond donors (Lipinski definition) is 1. The van der Waals surface area contributed by atoms with Crippen LogP contribution in [-0.2, 0) is 0 Å². The van der Waals surface area contributed by atoms with Crippen molar-refractivity contribution in [3.05, 3.63) is 33.4 Å². The molecule has 0 aliphatic carbocycles. The Morgan fingerprint density at radius 1 is 1.22 bits per heavy atom. The van der Waals surface area contributed by atoms with Crippen molar-refractivity contribution in [1.82, 2.24) is 4.90 Å². The summed E-state index contributed by atoms with van der Waals surface area (Å²) in [5.74, 6) is 0.194. The number of nitrogens with zero attached hydrogens (tertiary/aromatic N) is 1. The molecule has 2 fully saturated rings. The highest BCUT2D eigenvalue weighted by Gasteiger charge is 2.42. The molecule has 2 atom stereocenters. The fourth-order valence-electron chi connectivity index (χ4n) is 3.32. The van der Waals surface area contributed by atoms with Crippen molar-refractivity contribution >= 4 is 28.5 Å². The number of amides is 1. The first kappa shape index (κ1) is 12.4. The Morgan fingerprint density at radius 3 is 2.44 bits per heavy atom. The van der Waals surface area contributed by atoms with Crippen molar-refractivity contribution in [2.45, 2.75) is 43.8 Å². The maximum Gasteiger partial charge on any atom is 0.255 e. The number of halogens is 1. The van der Waals surface area contributed by atoms with E-state index in [1.54, 1.807) is 0 Å². The molecule has 96 valence electrons. The summed E-state index contributed by atoms with van der Waals surface area (Å²) in [6.07, 6.45) is 4.17. The topological polar surface area (TPSA) is 46.3 Å². The molecular formula is C14H17IN2O. The van der Waals surface area contributed by atoms with E-state index in [4.69, 9.17) is 5.73 Å². The molecular weight excluding hydrogens is 339 g/mol. The molecule has 2 saturated heterocycles. The van der Waals surface area contributed by atoms with E-state index >= 15 is 0 Å². The number of carbonyl (C=O) groups is 1. The van der Waals surface area contributed by atoms with Crippen LogP contribution in [-0.4, -0.2) is 28.9 Å². The summed E-state index contributed by atoms with van der Waals surface area (Å²) in [7, 11) is 0. The van der Waals surface area contributed by atoms with Crippen molar-refractivity contribution in [2.24, 2.45) is 5.73 Å². The zero-order valence-corrected chi connectivity index (χ0v) is 12.3. The van der Waals surface area contributed by atoms with E-state index in [0.29, 0.717) is 12.1 Å². The second-order valence-corrected chi connectivity index (χ2v) is 6.47. The van der Waals surface area contributed by atoms with Crippen LogP contribution >= 0.6 is 22.6 Å². The number of hydrogen-bond acceptors (Lipinski definition) is 2. The first-order valence-corrected chi connectivity index (χ1v) is 7.57. The van der Waals surface area contributed by atoms with Crippen LogP contribution in [0.4, 0.5) is 0 Å². The van der Waals surface area contributed by atoms with Crippen LogP contribution in [0.15, 0.2) is 24.3 Å². The van der Waals surface area contributed by atoms with E-state index < -0.39 is 0 Å². The summed E-state index contributed by atoms with van der Waals surface area (Å²) >= 11 is 2.24. The lowest BCUT2D eigenvalue weighted by atomic mass is 9.97. The maximum atomic E-state index is 12.7. The second kappa shape index (κ2) is 4.81. The van der Waals surface area contributed by atoms with Gasteiger partial charge in [-0.1, -0.05) is 12.1 Å². The van der Waals surface area contributed by atoms with Gasteiger partial charge in [-0.3, -0.25) is 4.79 Å². The van der Waals surface area contributed by atoms with Gasteiger partial charge in [0, 0.05) is 21.7 Å². The van der Waals surface area contributed by atoms with Crippen LogP contribution < -0.4 is 5.73 Å². The third-order valence-corrected chi connectivity index (χ3v) is 5.05. The molecule has 1 aromatic rings. The summed E-state index contributed by atoms with van der Waals surface area (Å²) < 4.78 is 1.04. The molecule has 0 spiro atoms. The van der Waals surface area contributed by atoms with Gasteiger partial charge in [0.2, 0.25) is 0 Å². The SMILES string of the molecule is NC1CC2CCC(C1)N2C(=O)c1ccccc1I. The molecule has 3 rings (SSSR count). The van der Waals surface area contributed by atoms with Crippen molar-refractivity contribution < 1.29 is 4.79 Å². The molecule has 0 aromatic heterocycles. The minimum atomic E-state index is 0.194. The first-order valence-electron chi connectivity index (χ1n) is 6.49. The van der Waals surface area contributed by atoms with Gasteiger partial charge >= 0.3 is 0 Å². The average molecular weight is 356 g/mol. The van der Waals surface area contributed by atoms with E-state index in [0.717, 1.165) is 34.8 Å². The predicted octanol–water partition coefficient (Wildman–Crippen LogP) is 2.39. The Hall–Kier alpha value is -0.620. The number of rotatable bonds is 1. The molecule has 1 amide bonds. The fraction of sp³-hybridized carbons (Fsp3) is 0.500. The van der Waals surface area contributed by atoms with E-state index in [1.807, 2.05) is 24.3 Å². The van der Waals surface area contributed by atoms with Crippen LogP contribution in [0.5, 0.6) is 0 Å². The van der Waals surface area contributed by atoms with Crippen LogP contribution in [0, 0.1) is 3.57 Å². The summed E-state index contributed by atoms with van der Waals surface area (Å²) in [6, 6.07) is 8.83. The minimum Gasteiger partial charge on any atom is -0.333 e. The van der Waals surface area contributed by atoms with Gasteiger partial charge in [0.05, 0.1) is 5.56 Å². The third kappa shape index (κ3) is 2.05. The lowest BCUT2D eigenvalue weighted by molar-refractivity contribution is 0.0574. The molecule has 2 N–H and O–H groups in total. The highest BCUT2D eigenvalue weighted by atomic mass is 127. The van der Waals surface area contributed by atoms with E-state index in [2.05, 4.69) is 27.5 Å². The Bertz CT molecular complexity index is 463. The quantitative estimate of drug-likeness (QED) is 0.786. The number of piperidine rings is 1. The molecule has 4 heteroatoms. The molecule has 2 aliphatic rings. The first-order chi connectivity index (χ1) is 8.66. The zero-order chi connectivity index (χ0) is 12.7. The van der Waals surface area contributed by atoms with Crippen molar-refractivity contribution in [2.75, 3.05) is 0 Å². The van der Waals surface area contributed by atoms with E-state index in [-0.39, 0.29) is 11.9 Å². The largest absolute Gasteiger partial charge is 0.333 e. The Kier molecular flexibility index (Phi) is 3.32. The lowest BCUT2D eigenvalue weighted by Crippen LogP contribution is -2.50. The van der Waals surface area contributed by atoms with Gasteiger partial charge in [0.1, 0.15) is 0 Å². The summed E-state index contributed by atoms with van der Waals surface area (Å²) in [5.41, 5.74) is 6.89. The number of nitrogens with two attached hydrogens (primary N) is 1. The highest BCUT2D eigenvalue weighted by Crippen LogP contribution is 2.36. The van der Waals surface area contributed by atoms with Crippen LogP contribution in [0.2, 0.25) is 0 Å². The number of fused-ring (bicyclic) bond motifs is 2. The predicted molar refractivity (Wildman–Crippen MR) is 79.3 cm³/mol. The molecule has 2 aliphatic heterocycles. The minimum absolute atomic E-state index is 0.194. The van der Waals surface area contributed by atoms with Gasteiger partial charge in [0.25, 0.3) is 5.91 Å². The fourth-order valence-corrected chi connectivity index (χ4v) is 3.94. The Balaban J connectivity index is 1.88. The maximum absolute atomic E-state index is 12.7. The van der Waals surface area contributed by atoms with Crippen LogP contribution in [0.3, 0.4) is 0 Å². The summed E-state index contributed by atoms with van der Waals surface area (Å²) in [4.78, 5) is 14.8.